The number of azide groups is 1. The number of hydrogen-bond donors (Lipinski definition) is 0. The maximum Gasteiger partial charge on any atom is 0.138 e. The van der Waals surface area contributed by atoms with E-state index in [0.717, 1.165) is 5.56 Å². The van der Waals surface area contributed by atoms with Crippen LogP contribution < -0.4 is 4.74 Å². The summed E-state index contributed by atoms with van der Waals surface area (Å²) in [7, 11) is 0. The van der Waals surface area contributed by atoms with Gasteiger partial charge in [0.05, 0.1) is 5.02 Å². The van der Waals surface area contributed by atoms with Crippen LogP contribution in [0.1, 0.15) is 5.56 Å². The normalized spacial score (nSPS) is 9.61. The molecule has 0 radical (unpaired) electrons. The molecule has 1 aromatic carbocycles. The van der Waals surface area contributed by atoms with Crippen LogP contribution in [0, 0.1) is 0 Å². The van der Waals surface area contributed by atoms with Crippen LogP contribution in [0.2, 0.25) is 5.02 Å². The summed E-state index contributed by atoms with van der Waals surface area (Å²) in [6, 6.07) is 8.62. The number of benzene rings is 1. The van der Waals surface area contributed by atoms with Crippen molar-refractivity contribution in [1.29, 1.82) is 0 Å². The van der Waals surface area contributed by atoms with E-state index in [4.69, 9.17) is 21.9 Å². The Morgan fingerprint density at radius 1 is 1.39 bits per heavy atom. The molecule has 5 nitrogen and oxygen atoms in total. The van der Waals surface area contributed by atoms with E-state index in [1.807, 2.05) is 12.1 Å². The molecule has 0 aliphatic rings. The zero-order valence-corrected chi connectivity index (χ0v) is 10.1. The van der Waals surface area contributed by atoms with Gasteiger partial charge in [0.15, 0.2) is 0 Å². The Hall–Kier alpha value is -2.23. The van der Waals surface area contributed by atoms with Crippen molar-refractivity contribution in [2.75, 3.05) is 0 Å². The second kappa shape index (κ2) is 5.91. The van der Waals surface area contributed by atoms with Crippen molar-refractivity contribution in [3.63, 3.8) is 0 Å². The molecule has 90 valence electrons. The number of aromatic nitrogens is 1. The molecule has 2 aromatic rings. The minimum absolute atomic E-state index is 0.383. The summed E-state index contributed by atoms with van der Waals surface area (Å²) >= 11 is 6.01. The van der Waals surface area contributed by atoms with E-state index < -0.39 is 0 Å². The summed E-state index contributed by atoms with van der Waals surface area (Å²) in [5.41, 5.74) is 9.72. The summed E-state index contributed by atoms with van der Waals surface area (Å²) < 4.78 is 5.55. The van der Waals surface area contributed by atoms with E-state index in [1.54, 1.807) is 30.6 Å². The van der Waals surface area contributed by atoms with Gasteiger partial charge in [0.2, 0.25) is 0 Å². The molecule has 0 saturated heterocycles. The molecule has 0 unspecified atom stereocenters. The Morgan fingerprint density at radius 2 is 2.28 bits per heavy atom. The smallest absolute Gasteiger partial charge is 0.138 e. The molecule has 0 aliphatic carbocycles. The summed E-state index contributed by atoms with van der Waals surface area (Å²) in [5.74, 6) is 0.539. The average molecular weight is 261 g/mol. The van der Waals surface area contributed by atoms with Gasteiger partial charge in [-0.05, 0) is 29.8 Å². The molecule has 0 amide bonds. The van der Waals surface area contributed by atoms with Crippen molar-refractivity contribution in [2.24, 2.45) is 5.11 Å². The third kappa shape index (κ3) is 3.13. The Bertz CT molecular complexity index is 582. The number of pyridine rings is 1. The topological polar surface area (TPSA) is 70.9 Å². The number of halogens is 1. The van der Waals surface area contributed by atoms with Gasteiger partial charge in [0.1, 0.15) is 12.4 Å². The molecule has 1 heterocycles. The van der Waals surface area contributed by atoms with Gasteiger partial charge < -0.3 is 4.74 Å². The van der Waals surface area contributed by atoms with Gasteiger partial charge in [0, 0.05) is 28.6 Å². The molecule has 1 aromatic heterocycles. The Balaban J connectivity index is 2.08. The first-order chi connectivity index (χ1) is 8.79. The lowest BCUT2D eigenvalue weighted by molar-refractivity contribution is 0.306. The highest BCUT2D eigenvalue weighted by Gasteiger charge is 2.03. The van der Waals surface area contributed by atoms with E-state index in [1.165, 1.54) is 0 Å². The number of hydrogen-bond acceptors (Lipinski definition) is 3. The van der Waals surface area contributed by atoms with E-state index in [0.29, 0.717) is 23.1 Å². The third-order valence-electron chi connectivity index (χ3n) is 2.19. The van der Waals surface area contributed by atoms with Crippen LogP contribution in [-0.2, 0) is 6.61 Å². The molecule has 0 saturated carbocycles. The highest BCUT2D eigenvalue weighted by Crippen LogP contribution is 2.29. The third-order valence-corrected chi connectivity index (χ3v) is 2.49. The van der Waals surface area contributed by atoms with Gasteiger partial charge in [-0.15, -0.1) is 0 Å². The Morgan fingerprint density at radius 3 is 2.94 bits per heavy atom. The van der Waals surface area contributed by atoms with Crippen LogP contribution in [0.15, 0.2) is 47.8 Å². The van der Waals surface area contributed by atoms with Crippen LogP contribution in [0.3, 0.4) is 0 Å². The van der Waals surface area contributed by atoms with E-state index in [-0.39, 0.29) is 0 Å². The molecule has 0 N–H and O–H groups in total. The second-order valence-electron chi connectivity index (χ2n) is 3.45. The van der Waals surface area contributed by atoms with E-state index >= 15 is 0 Å². The molecule has 0 bridgehead atoms. The van der Waals surface area contributed by atoms with E-state index in [2.05, 4.69) is 15.0 Å². The first-order valence-corrected chi connectivity index (χ1v) is 5.54. The van der Waals surface area contributed by atoms with Gasteiger partial charge in [-0.1, -0.05) is 22.8 Å². The zero-order valence-electron chi connectivity index (χ0n) is 9.32. The monoisotopic (exact) mass is 260 g/mol. The lowest BCUT2D eigenvalue weighted by Gasteiger charge is -2.08. The average Bonchev–Trinajstić information content (AvgIpc) is 2.39. The zero-order chi connectivity index (χ0) is 12.8. The van der Waals surface area contributed by atoms with Gasteiger partial charge >= 0.3 is 0 Å². The molecule has 0 spiro atoms. The lowest BCUT2D eigenvalue weighted by atomic mass is 10.3. The minimum atomic E-state index is 0.383. The predicted molar refractivity (Wildman–Crippen MR) is 68.8 cm³/mol. The fourth-order valence-electron chi connectivity index (χ4n) is 1.37. The van der Waals surface area contributed by atoms with Crippen molar-refractivity contribution < 1.29 is 4.74 Å². The Kier molecular flexibility index (Phi) is 4.02. The summed E-state index contributed by atoms with van der Waals surface area (Å²) in [6.45, 7) is 0.383. The summed E-state index contributed by atoms with van der Waals surface area (Å²) in [4.78, 5) is 6.68. The van der Waals surface area contributed by atoms with Crippen molar-refractivity contribution in [3.8, 4) is 5.75 Å². The summed E-state index contributed by atoms with van der Waals surface area (Å²) in [6.07, 6.45) is 3.42. The molecular weight excluding hydrogens is 252 g/mol. The fourth-order valence-corrected chi connectivity index (χ4v) is 1.59. The summed E-state index contributed by atoms with van der Waals surface area (Å²) in [5, 5.41) is 3.86. The maximum absolute atomic E-state index is 8.31. The lowest BCUT2D eigenvalue weighted by Crippen LogP contribution is -1.96. The SMILES string of the molecule is [N-]=[N+]=Nc1ccc(OCc2cccnc2)c(Cl)c1. The van der Waals surface area contributed by atoms with Crippen LogP contribution in [0.5, 0.6) is 5.75 Å². The minimum Gasteiger partial charge on any atom is -0.487 e. The van der Waals surface area contributed by atoms with Gasteiger partial charge in [-0.3, -0.25) is 4.98 Å². The molecule has 0 fully saturated rings. The number of ether oxygens (including phenoxy) is 1. The molecule has 2 rings (SSSR count). The fraction of sp³-hybridized carbons (Fsp3) is 0.0833. The standard InChI is InChI=1S/C12H9ClN4O/c13-11-6-10(16-17-14)3-4-12(11)18-8-9-2-1-5-15-7-9/h1-7H,8H2. The molecule has 18 heavy (non-hydrogen) atoms. The van der Waals surface area contributed by atoms with Crippen LogP contribution >= 0.6 is 11.6 Å². The van der Waals surface area contributed by atoms with Crippen molar-refractivity contribution in [3.05, 3.63) is 63.8 Å². The maximum atomic E-state index is 8.31. The molecule has 6 heteroatoms. The number of nitrogens with zero attached hydrogens (tertiary/aromatic N) is 4. The van der Waals surface area contributed by atoms with Gasteiger partial charge in [-0.2, -0.15) is 0 Å². The van der Waals surface area contributed by atoms with Crippen molar-refractivity contribution in [1.82, 2.24) is 4.98 Å². The van der Waals surface area contributed by atoms with Gasteiger partial charge in [-0.25, -0.2) is 0 Å². The number of rotatable bonds is 4. The van der Waals surface area contributed by atoms with Crippen LogP contribution in [0.25, 0.3) is 10.4 Å². The van der Waals surface area contributed by atoms with Crippen molar-refractivity contribution >= 4 is 17.3 Å². The Labute approximate surface area is 109 Å². The largest absolute Gasteiger partial charge is 0.487 e. The van der Waals surface area contributed by atoms with Gasteiger partial charge in [0.25, 0.3) is 0 Å². The highest BCUT2D eigenvalue weighted by atomic mass is 35.5. The van der Waals surface area contributed by atoms with Crippen molar-refractivity contribution in [2.45, 2.75) is 6.61 Å². The highest BCUT2D eigenvalue weighted by molar-refractivity contribution is 6.32. The molecule has 0 atom stereocenters. The molecule has 0 aliphatic heterocycles. The molecular formula is C12H9ClN4O. The predicted octanol–water partition coefficient (Wildman–Crippen LogP) is 4.26. The quantitative estimate of drug-likeness (QED) is 0.468. The van der Waals surface area contributed by atoms with Crippen LogP contribution in [-0.4, -0.2) is 4.98 Å². The van der Waals surface area contributed by atoms with Crippen LogP contribution in [0.4, 0.5) is 5.69 Å². The first-order valence-electron chi connectivity index (χ1n) is 5.16. The second-order valence-corrected chi connectivity index (χ2v) is 3.86. The first kappa shape index (κ1) is 12.2. The van der Waals surface area contributed by atoms with E-state index in [9.17, 15) is 0 Å².